The minimum Gasteiger partial charge on any atom is -0.481 e. The quantitative estimate of drug-likeness (QED) is 0.658. The first-order valence-electron chi connectivity index (χ1n) is 5.63. The molecule has 1 heterocycles. The molecule has 4 aliphatic rings. The summed E-state index contributed by atoms with van der Waals surface area (Å²) in [4.78, 5) is 11.2. The first-order valence-corrected chi connectivity index (χ1v) is 5.63. The Morgan fingerprint density at radius 2 is 1.93 bits per heavy atom. The van der Waals surface area contributed by atoms with Crippen LogP contribution in [0.1, 0.15) is 25.7 Å². The maximum atomic E-state index is 11.2. The highest BCUT2D eigenvalue weighted by atomic mass is 16.4. The molecule has 0 amide bonds. The highest BCUT2D eigenvalue weighted by molar-refractivity contribution is 5.72. The van der Waals surface area contributed by atoms with Gasteiger partial charge in [-0.3, -0.25) is 4.79 Å². The highest BCUT2D eigenvalue weighted by Crippen LogP contribution is 2.57. The second-order valence-corrected chi connectivity index (χ2v) is 5.50. The van der Waals surface area contributed by atoms with E-state index in [1.54, 1.807) is 0 Å². The molecule has 1 aliphatic heterocycles. The van der Waals surface area contributed by atoms with E-state index < -0.39 is 5.97 Å². The molecule has 1 unspecified atom stereocenters. The Kier molecular flexibility index (Phi) is 1.69. The molecule has 78 valence electrons. The van der Waals surface area contributed by atoms with Crippen molar-refractivity contribution in [2.75, 3.05) is 13.1 Å². The van der Waals surface area contributed by atoms with Gasteiger partial charge in [-0.1, -0.05) is 0 Å². The first-order chi connectivity index (χ1) is 6.70. The normalized spacial score (nSPS) is 50.4. The average Bonchev–Trinajstić information content (AvgIpc) is 2.46. The molecule has 14 heavy (non-hydrogen) atoms. The van der Waals surface area contributed by atoms with Crippen LogP contribution >= 0.6 is 0 Å². The van der Waals surface area contributed by atoms with Crippen molar-refractivity contribution in [3.05, 3.63) is 0 Å². The number of hydrogen-bond donors (Lipinski definition) is 2. The molecule has 2 bridgehead atoms. The zero-order chi connectivity index (χ0) is 9.76. The second-order valence-electron chi connectivity index (χ2n) is 5.50. The number of carboxylic acid groups (broad SMARTS) is 1. The fourth-order valence-corrected chi connectivity index (χ4v) is 4.02. The molecule has 0 radical (unpaired) electrons. The van der Waals surface area contributed by atoms with Crippen LogP contribution in [0.3, 0.4) is 0 Å². The zero-order valence-corrected chi connectivity index (χ0v) is 8.33. The first kappa shape index (κ1) is 8.72. The molecular formula is C11H17NO2. The lowest BCUT2D eigenvalue weighted by atomic mass is 9.52. The lowest BCUT2D eigenvalue weighted by Crippen LogP contribution is -2.47. The lowest BCUT2D eigenvalue weighted by molar-refractivity contribution is -0.148. The molecule has 3 heteroatoms. The van der Waals surface area contributed by atoms with E-state index in [0.717, 1.165) is 31.2 Å². The van der Waals surface area contributed by atoms with Crippen molar-refractivity contribution < 1.29 is 9.90 Å². The standard InChI is InChI=1S/C11H17NO2/c13-10(14)9-5-12-6-11(9)3-7-1-8(2-7)4-11/h7-9,12H,1-6H2,(H,13,14). The van der Waals surface area contributed by atoms with Crippen LogP contribution in [0, 0.1) is 23.2 Å². The summed E-state index contributed by atoms with van der Waals surface area (Å²) in [5.41, 5.74) is 0.123. The lowest BCUT2D eigenvalue weighted by Gasteiger charge is -2.52. The molecule has 1 atom stereocenters. The monoisotopic (exact) mass is 195 g/mol. The number of rotatable bonds is 1. The Labute approximate surface area is 83.9 Å². The molecular weight excluding hydrogens is 178 g/mol. The smallest absolute Gasteiger partial charge is 0.308 e. The summed E-state index contributed by atoms with van der Waals surface area (Å²) in [6.07, 6.45) is 5.06. The van der Waals surface area contributed by atoms with E-state index >= 15 is 0 Å². The van der Waals surface area contributed by atoms with E-state index in [1.165, 1.54) is 12.8 Å². The summed E-state index contributed by atoms with van der Waals surface area (Å²) in [5.74, 6) is 0.982. The topological polar surface area (TPSA) is 49.3 Å². The van der Waals surface area contributed by atoms with E-state index in [0.29, 0.717) is 6.54 Å². The largest absolute Gasteiger partial charge is 0.481 e. The van der Waals surface area contributed by atoms with Crippen molar-refractivity contribution in [3.63, 3.8) is 0 Å². The molecule has 3 nitrogen and oxygen atoms in total. The zero-order valence-electron chi connectivity index (χ0n) is 8.33. The van der Waals surface area contributed by atoms with E-state index in [4.69, 9.17) is 0 Å². The molecule has 3 saturated carbocycles. The summed E-state index contributed by atoms with van der Waals surface area (Å²) in [6.45, 7) is 1.63. The Bertz CT molecular complexity index is 260. The number of aliphatic carboxylic acids is 1. The second kappa shape index (κ2) is 2.72. The van der Waals surface area contributed by atoms with Crippen molar-refractivity contribution in [1.82, 2.24) is 5.32 Å². The summed E-state index contributed by atoms with van der Waals surface area (Å²) >= 11 is 0. The third-order valence-corrected chi connectivity index (χ3v) is 4.59. The SMILES string of the molecule is O=C(O)C1CNCC12CC1CC(C1)C2. The number of carbonyl (C=O) groups is 1. The minimum atomic E-state index is -0.587. The fourth-order valence-electron chi connectivity index (χ4n) is 4.02. The van der Waals surface area contributed by atoms with Gasteiger partial charge in [0.25, 0.3) is 0 Å². The molecule has 1 spiro atoms. The predicted molar refractivity (Wildman–Crippen MR) is 51.9 cm³/mol. The number of hydrogen-bond acceptors (Lipinski definition) is 2. The van der Waals surface area contributed by atoms with Crippen molar-refractivity contribution in [3.8, 4) is 0 Å². The van der Waals surface area contributed by atoms with Gasteiger partial charge < -0.3 is 10.4 Å². The van der Waals surface area contributed by atoms with Gasteiger partial charge in [-0.25, -0.2) is 0 Å². The van der Waals surface area contributed by atoms with Crippen molar-refractivity contribution >= 4 is 5.97 Å². The summed E-state index contributed by atoms with van der Waals surface area (Å²) < 4.78 is 0. The van der Waals surface area contributed by atoms with Gasteiger partial charge in [0.05, 0.1) is 5.92 Å². The molecule has 4 fully saturated rings. The Morgan fingerprint density at radius 3 is 2.50 bits per heavy atom. The van der Waals surface area contributed by atoms with Crippen LogP contribution in [0.25, 0.3) is 0 Å². The van der Waals surface area contributed by atoms with E-state index in [2.05, 4.69) is 5.32 Å². The van der Waals surface area contributed by atoms with Gasteiger partial charge in [-0.15, -0.1) is 0 Å². The van der Waals surface area contributed by atoms with Gasteiger partial charge in [0, 0.05) is 13.1 Å². The Hall–Kier alpha value is -0.570. The average molecular weight is 195 g/mol. The molecule has 4 rings (SSSR count). The minimum absolute atomic E-state index is 0.118. The van der Waals surface area contributed by atoms with Crippen LogP contribution < -0.4 is 5.32 Å². The van der Waals surface area contributed by atoms with Crippen LogP contribution in [-0.4, -0.2) is 24.2 Å². The van der Waals surface area contributed by atoms with E-state index in [9.17, 15) is 9.90 Å². The van der Waals surface area contributed by atoms with Crippen LogP contribution in [0.4, 0.5) is 0 Å². The van der Waals surface area contributed by atoms with Gasteiger partial charge in [0.1, 0.15) is 0 Å². The van der Waals surface area contributed by atoms with Crippen LogP contribution in [0.15, 0.2) is 0 Å². The molecule has 2 N–H and O–H groups in total. The van der Waals surface area contributed by atoms with Gasteiger partial charge in [-0.2, -0.15) is 0 Å². The summed E-state index contributed by atoms with van der Waals surface area (Å²) in [5, 5.41) is 12.5. The maximum Gasteiger partial charge on any atom is 0.308 e. The van der Waals surface area contributed by atoms with Gasteiger partial charge in [0.2, 0.25) is 0 Å². The van der Waals surface area contributed by atoms with Crippen molar-refractivity contribution in [1.29, 1.82) is 0 Å². The van der Waals surface area contributed by atoms with Gasteiger partial charge >= 0.3 is 5.97 Å². The Morgan fingerprint density at radius 1 is 1.29 bits per heavy atom. The number of carboxylic acids is 1. The highest BCUT2D eigenvalue weighted by Gasteiger charge is 2.54. The third-order valence-electron chi connectivity index (χ3n) is 4.59. The number of nitrogens with one attached hydrogen (secondary N) is 1. The predicted octanol–water partition coefficient (Wildman–Crippen LogP) is 1.10. The van der Waals surface area contributed by atoms with Gasteiger partial charge in [0.15, 0.2) is 0 Å². The van der Waals surface area contributed by atoms with Crippen molar-refractivity contribution in [2.45, 2.75) is 25.7 Å². The van der Waals surface area contributed by atoms with E-state index in [-0.39, 0.29) is 11.3 Å². The maximum absolute atomic E-state index is 11.2. The molecule has 0 aromatic carbocycles. The molecule has 0 aromatic heterocycles. The third kappa shape index (κ3) is 1.05. The van der Waals surface area contributed by atoms with E-state index in [1.807, 2.05) is 0 Å². The molecule has 3 aliphatic carbocycles. The van der Waals surface area contributed by atoms with Crippen molar-refractivity contribution in [2.24, 2.45) is 23.2 Å². The van der Waals surface area contributed by atoms with Crippen LogP contribution in [0.2, 0.25) is 0 Å². The summed E-state index contributed by atoms with van der Waals surface area (Å²) in [6, 6.07) is 0. The fraction of sp³-hybridized carbons (Fsp3) is 0.909. The molecule has 0 aromatic rings. The van der Waals surface area contributed by atoms with Gasteiger partial charge in [-0.05, 0) is 42.9 Å². The van der Waals surface area contributed by atoms with Crippen LogP contribution in [0.5, 0.6) is 0 Å². The summed E-state index contributed by atoms with van der Waals surface area (Å²) in [7, 11) is 0. The van der Waals surface area contributed by atoms with Crippen LogP contribution in [-0.2, 0) is 4.79 Å². The Balaban J connectivity index is 1.84. The molecule has 1 saturated heterocycles.